The van der Waals surface area contributed by atoms with Crippen molar-refractivity contribution in [1.82, 2.24) is 4.98 Å². The summed E-state index contributed by atoms with van der Waals surface area (Å²) in [5.74, 6) is 0.760. The third-order valence-electron chi connectivity index (χ3n) is 8.55. The molecule has 0 atom stereocenters. The molecule has 0 spiro atoms. The van der Waals surface area contributed by atoms with Crippen molar-refractivity contribution in [3.63, 3.8) is 0 Å². The average molecular weight is 564 g/mol. The van der Waals surface area contributed by atoms with Crippen LogP contribution in [0.15, 0.2) is 36.5 Å². The first-order valence-electron chi connectivity index (χ1n) is 14.8. The van der Waals surface area contributed by atoms with Crippen LogP contribution in [-0.4, -0.2) is 22.2 Å². The van der Waals surface area contributed by atoms with Crippen molar-refractivity contribution < 1.29 is 14.3 Å². The highest BCUT2D eigenvalue weighted by Gasteiger charge is 2.62. The molecule has 0 amide bonds. The average Bonchev–Trinajstić information content (AvgIpc) is 3.22. The molecule has 1 fully saturated rings. The summed E-state index contributed by atoms with van der Waals surface area (Å²) in [6.07, 6.45) is 6.26. The van der Waals surface area contributed by atoms with E-state index in [1.54, 1.807) is 11.3 Å². The number of carbonyl (C=O) groups is 1. The highest BCUT2D eigenvalue weighted by molar-refractivity contribution is 7.22. The Morgan fingerprint density at radius 2 is 1.62 bits per heavy atom. The number of benzene rings is 1. The van der Waals surface area contributed by atoms with E-state index in [4.69, 9.17) is 9.47 Å². The van der Waals surface area contributed by atoms with Crippen molar-refractivity contribution in [1.29, 1.82) is 0 Å². The van der Waals surface area contributed by atoms with Gasteiger partial charge in [0.1, 0.15) is 17.0 Å². The Hall–Kier alpha value is -2.40. The molecule has 5 heteroatoms. The van der Waals surface area contributed by atoms with Gasteiger partial charge >= 0.3 is 5.97 Å². The van der Waals surface area contributed by atoms with Crippen LogP contribution in [0.4, 0.5) is 0 Å². The number of carbonyl (C=O) groups excluding carboxylic acids is 1. The molecule has 0 saturated heterocycles. The Bertz CT molecular complexity index is 1380. The van der Waals surface area contributed by atoms with E-state index in [-0.39, 0.29) is 16.8 Å². The van der Waals surface area contributed by atoms with Crippen LogP contribution in [0.25, 0.3) is 20.5 Å². The van der Waals surface area contributed by atoms with Gasteiger partial charge in [-0.05, 0) is 105 Å². The van der Waals surface area contributed by atoms with E-state index < -0.39 is 16.6 Å². The minimum Gasteiger partial charge on any atom is -0.488 e. The van der Waals surface area contributed by atoms with E-state index in [0.717, 1.165) is 37.1 Å². The Kier molecular flexibility index (Phi) is 7.99. The van der Waals surface area contributed by atoms with Gasteiger partial charge in [-0.15, -0.1) is 11.3 Å². The maximum atomic E-state index is 13.6. The fraction of sp³-hybridized carbons (Fsp3) is 0.600. The number of ether oxygens (including phenoxy) is 2. The summed E-state index contributed by atoms with van der Waals surface area (Å²) in [5, 5.41) is 1.21. The molecule has 1 aliphatic rings. The first-order valence-corrected chi connectivity index (χ1v) is 15.7. The highest BCUT2D eigenvalue weighted by atomic mass is 32.1. The van der Waals surface area contributed by atoms with Crippen LogP contribution in [-0.2, 0) is 22.4 Å². The first-order chi connectivity index (χ1) is 18.4. The lowest BCUT2D eigenvalue weighted by atomic mass is 9.46. The Morgan fingerprint density at radius 3 is 2.20 bits per heavy atom. The van der Waals surface area contributed by atoms with Crippen molar-refractivity contribution in [3.8, 4) is 16.2 Å². The second-order valence-corrected chi connectivity index (χ2v) is 16.0. The summed E-state index contributed by atoms with van der Waals surface area (Å²) >= 11 is 1.78. The highest BCUT2D eigenvalue weighted by Crippen LogP contribution is 2.63. The van der Waals surface area contributed by atoms with E-state index in [1.165, 1.54) is 26.1 Å². The molecule has 1 aliphatic carbocycles. The maximum absolute atomic E-state index is 13.6. The predicted molar refractivity (Wildman–Crippen MR) is 168 cm³/mol. The van der Waals surface area contributed by atoms with Crippen molar-refractivity contribution in [2.75, 3.05) is 0 Å². The second-order valence-electron chi connectivity index (χ2n) is 14.9. The van der Waals surface area contributed by atoms with E-state index in [0.29, 0.717) is 6.42 Å². The van der Waals surface area contributed by atoms with E-state index in [1.807, 2.05) is 26.1 Å². The number of rotatable bonds is 9. The van der Waals surface area contributed by atoms with Gasteiger partial charge in [0.15, 0.2) is 0 Å². The fourth-order valence-corrected chi connectivity index (χ4v) is 7.93. The van der Waals surface area contributed by atoms with Gasteiger partial charge in [0.05, 0.1) is 5.41 Å². The van der Waals surface area contributed by atoms with Gasteiger partial charge in [-0.1, -0.05) is 48.5 Å². The van der Waals surface area contributed by atoms with E-state index >= 15 is 0 Å². The molecule has 218 valence electrons. The minimum absolute atomic E-state index is 0.0689. The van der Waals surface area contributed by atoms with Gasteiger partial charge in [0, 0.05) is 33.5 Å². The molecule has 40 heavy (non-hydrogen) atoms. The zero-order chi connectivity index (χ0) is 29.7. The lowest BCUT2D eigenvalue weighted by Crippen LogP contribution is -2.58. The standard InChI is InChI=1S/C35H49NO3S/c1-12-23-16-25(13-2)36-19-27(23)29-17-24-14-15-26(18-28(24)40-29)38-33(8,9)22-34(10,11)39-30(37)35(31(3,4)5)20-32(6,7)21-35/h14-19H,12-13,20-22H2,1-11H3. The number of hydrogen-bond acceptors (Lipinski definition) is 5. The van der Waals surface area contributed by atoms with E-state index in [9.17, 15) is 4.79 Å². The van der Waals surface area contributed by atoms with Crippen LogP contribution in [0.3, 0.4) is 0 Å². The van der Waals surface area contributed by atoms with Crippen LogP contribution >= 0.6 is 11.3 Å². The van der Waals surface area contributed by atoms with Gasteiger partial charge < -0.3 is 9.47 Å². The monoisotopic (exact) mass is 563 g/mol. The number of esters is 1. The van der Waals surface area contributed by atoms with Gasteiger partial charge in [0.25, 0.3) is 0 Å². The van der Waals surface area contributed by atoms with Gasteiger partial charge in [0.2, 0.25) is 0 Å². The number of hydrogen-bond donors (Lipinski definition) is 0. The lowest BCUT2D eigenvalue weighted by Gasteiger charge is -2.58. The molecule has 2 heterocycles. The molecule has 4 nitrogen and oxygen atoms in total. The number of fused-ring (bicyclic) bond motifs is 1. The fourth-order valence-electron chi connectivity index (χ4n) is 6.79. The van der Waals surface area contributed by atoms with Gasteiger partial charge in [-0.2, -0.15) is 0 Å². The molecular weight excluding hydrogens is 514 g/mol. The summed E-state index contributed by atoms with van der Waals surface area (Å²) in [4.78, 5) is 19.5. The third kappa shape index (κ3) is 6.25. The van der Waals surface area contributed by atoms with Crippen molar-refractivity contribution in [3.05, 3.63) is 47.8 Å². The Labute approximate surface area is 245 Å². The zero-order valence-electron chi connectivity index (χ0n) is 26.6. The van der Waals surface area contributed by atoms with Crippen LogP contribution in [0.2, 0.25) is 0 Å². The SMILES string of the molecule is CCc1cc(CC)c(-c2cc3ccc(OC(C)(C)CC(C)(C)OC(=O)C4(C(C)(C)C)CC(C)(C)C4)cc3s2)cn1. The summed E-state index contributed by atoms with van der Waals surface area (Å²) < 4.78 is 14.0. The molecule has 1 aromatic carbocycles. The summed E-state index contributed by atoms with van der Waals surface area (Å²) in [6, 6.07) is 10.8. The number of nitrogens with zero attached hydrogens (tertiary/aromatic N) is 1. The second kappa shape index (κ2) is 10.5. The molecule has 4 rings (SSSR count). The van der Waals surface area contributed by atoms with Gasteiger partial charge in [-0.25, -0.2) is 0 Å². The molecular formula is C35H49NO3S. The number of aromatic nitrogens is 1. The Balaban J connectivity index is 1.49. The molecule has 0 N–H and O–H groups in total. The molecule has 0 aliphatic heterocycles. The molecule has 2 aromatic heterocycles. The smallest absolute Gasteiger partial charge is 0.313 e. The third-order valence-corrected chi connectivity index (χ3v) is 9.68. The quantitative estimate of drug-likeness (QED) is 0.243. The number of thiophene rings is 1. The molecule has 0 radical (unpaired) electrons. The van der Waals surface area contributed by atoms with Crippen LogP contribution in [0.5, 0.6) is 5.75 Å². The van der Waals surface area contributed by atoms with E-state index in [2.05, 4.69) is 91.6 Å². The number of aryl methyl sites for hydroxylation is 2. The minimum atomic E-state index is -0.660. The topological polar surface area (TPSA) is 48.4 Å². The Morgan fingerprint density at radius 1 is 0.950 bits per heavy atom. The van der Waals surface area contributed by atoms with Gasteiger partial charge in [-0.3, -0.25) is 9.78 Å². The lowest BCUT2D eigenvalue weighted by molar-refractivity contribution is -0.202. The van der Waals surface area contributed by atoms with Crippen molar-refractivity contribution in [2.45, 2.75) is 119 Å². The summed E-state index contributed by atoms with van der Waals surface area (Å²) in [7, 11) is 0. The maximum Gasteiger partial charge on any atom is 0.313 e. The molecule has 0 bridgehead atoms. The summed E-state index contributed by atoms with van der Waals surface area (Å²) in [6.45, 7) is 23.5. The van der Waals surface area contributed by atoms with Crippen LogP contribution in [0.1, 0.15) is 107 Å². The molecule has 1 saturated carbocycles. The zero-order valence-corrected chi connectivity index (χ0v) is 27.4. The van der Waals surface area contributed by atoms with Crippen LogP contribution in [0, 0.1) is 16.2 Å². The van der Waals surface area contributed by atoms with Crippen molar-refractivity contribution >= 4 is 27.4 Å². The molecule has 3 aromatic rings. The normalized spacial score (nSPS) is 17.0. The largest absolute Gasteiger partial charge is 0.488 e. The first kappa shape index (κ1) is 30.6. The predicted octanol–water partition coefficient (Wildman–Crippen LogP) is 9.81. The summed E-state index contributed by atoms with van der Waals surface area (Å²) in [5.41, 5.74) is 2.09. The number of pyridine rings is 1. The molecule has 0 unspecified atom stereocenters. The van der Waals surface area contributed by atoms with Crippen LogP contribution < -0.4 is 4.74 Å². The van der Waals surface area contributed by atoms with Crippen molar-refractivity contribution in [2.24, 2.45) is 16.2 Å².